The summed E-state index contributed by atoms with van der Waals surface area (Å²) in [4.78, 5) is 9.41. The number of pyridine rings is 1. The molecule has 4 heteroatoms. The van der Waals surface area contributed by atoms with Gasteiger partial charge in [-0.25, -0.2) is 9.97 Å². The Labute approximate surface area is 113 Å². The third-order valence-electron chi connectivity index (χ3n) is 4.46. The van der Waals surface area contributed by atoms with Crippen molar-refractivity contribution in [2.45, 2.75) is 56.9 Å². The standard InChI is InChI=1S/C15H20N4/c16-11-8-13-15(17-9-11)19(12-6-7-12)14(18-13)10-4-2-1-3-5-10/h8-10,12H,1-7,16H2. The Balaban J connectivity index is 1.85. The number of imidazole rings is 1. The van der Waals surface area contributed by atoms with Crippen molar-refractivity contribution >= 4 is 16.9 Å². The first kappa shape index (κ1) is 11.3. The molecule has 0 amide bonds. The van der Waals surface area contributed by atoms with Gasteiger partial charge in [0.15, 0.2) is 5.65 Å². The largest absolute Gasteiger partial charge is 0.397 e. The Morgan fingerprint density at radius 3 is 2.63 bits per heavy atom. The minimum atomic E-state index is 0.629. The number of nitrogens with zero attached hydrogens (tertiary/aromatic N) is 3. The number of aromatic nitrogens is 3. The smallest absolute Gasteiger partial charge is 0.160 e. The molecule has 2 heterocycles. The van der Waals surface area contributed by atoms with Crippen LogP contribution in [-0.4, -0.2) is 14.5 Å². The Bertz CT molecular complexity index is 606. The highest BCUT2D eigenvalue weighted by Gasteiger charge is 2.32. The molecule has 19 heavy (non-hydrogen) atoms. The van der Waals surface area contributed by atoms with Crippen LogP contribution in [0.4, 0.5) is 5.69 Å². The molecule has 0 bridgehead atoms. The average Bonchev–Trinajstić information content (AvgIpc) is 3.20. The van der Waals surface area contributed by atoms with Crippen molar-refractivity contribution in [3.63, 3.8) is 0 Å². The second kappa shape index (κ2) is 4.22. The fourth-order valence-corrected chi connectivity index (χ4v) is 3.36. The van der Waals surface area contributed by atoms with Crippen molar-refractivity contribution in [3.05, 3.63) is 18.1 Å². The van der Waals surface area contributed by atoms with Crippen LogP contribution < -0.4 is 5.73 Å². The molecule has 0 radical (unpaired) electrons. The van der Waals surface area contributed by atoms with Crippen molar-refractivity contribution in [2.75, 3.05) is 5.73 Å². The second-order valence-electron chi connectivity index (χ2n) is 6.02. The average molecular weight is 256 g/mol. The highest BCUT2D eigenvalue weighted by molar-refractivity contribution is 5.75. The topological polar surface area (TPSA) is 56.7 Å². The van der Waals surface area contributed by atoms with Gasteiger partial charge in [0, 0.05) is 12.0 Å². The maximum absolute atomic E-state index is 5.84. The first-order valence-electron chi connectivity index (χ1n) is 7.46. The van der Waals surface area contributed by atoms with E-state index in [0.717, 1.165) is 11.2 Å². The van der Waals surface area contributed by atoms with Gasteiger partial charge in [-0.3, -0.25) is 0 Å². The maximum Gasteiger partial charge on any atom is 0.160 e. The Morgan fingerprint density at radius 1 is 1.11 bits per heavy atom. The van der Waals surface area contributed by atoms with Gasteiger partial charge in [0.1, 0.15) is 11.3 Å². The maximum atomic E-state index is 5.84. The van der Waals surface area contributed by atoms with E-state index in [2.05, 4.69) is 9.55 Å². The molecular weight excluding hydrogens is 236 g/mol. The van der Waals surface area contributed by atoms with Gasteiger partial charge in [0.05, 0.1) is 11.9 Å². The lowest BCUT2D eigenvalue weighted by Gasteiger charge is -2.22. The predicted octanol–water partition coefficient (Wildman–Crippen LogP) is 3.40. The second-order valence-corrected chi connectivity index (χ2v) is 6.02. The Kier molecular flexibility index (Phi) is 2.50. The summed E-state index contributed by atoms with van der Waals surface area (Å²) in [5, 5.41) is 0. The molecule has 4 rings (SSSR count). The highest BCUT2D eigenvalue weighted by Crippen LogP contribution is 2.42. The van der Waals surface area contributed by atoms with Gasteiger partial charge in [-0.05, 0) is 31.7 Å². The van der Waals surface area contributed by atoms with Crippen LogP contribution in [0.15, 0.2) is 12.3 Å². The van der Waals surface area contributed by atoms with Crippen molar-refractivity contribution in [3.8, 4) is 0 Å². The van der Waals surface area contributed by atoms with Gasteiger partial charge in [0.25, 0.3) is 0 Å². The third kappa shape index (κ3) is 1.90. The third-order valence-corrected chi connectivity index (χ3v) is 4.46. The molecule has 2 saturated carbocycles. The molecule has 2 fully saturated rings. The van der Waals surface area contributed by atoms with Gasteiger partial charge in [-0.15, -0.1) is 0 Å². The van der Waals surface area contributed by atoms with E-state index in [-0.39, 0.29) is 0 Å². The van der Waals surface area contributed by atoms with Crippen LogP contribution in [-0.2, 0) is 0 Å². The Morgan fingerprint density at radius 2 is 1.89 bits per heavy atom. The number of rotatable bonds is 2. The molecule has 4 nitrogen and oxygen atoms in total. The van der Waals surface area contributed by atoms with Crippen molar-refractivity contribution in [2.24, 2.45) is 0 Å². The van der Waals surface area contributed by atoms with Crippen LogP contribution in [0.3, 0.4) is 0 Å². The molecule has 2 aromatic heterocycles. The number of nitrogens with two attached hydrogens (primary N) is 1. The van der Waals surface area contributed by atoms with Crippen LogP contribution in [0.2, 0.25) is 0 Å². The molecule has 2 aliphatic carbocycles. The Hall–Kier alpha value is -1.58. The molecule has 0 spiro atoms. The lowest BCUT2D eigenvalue weighted by atomic mass is 9.88. The van der Waals surface area contributed by atoms with E-state index in [0.29, 0.717) is 17.6 Å². The molecule has 2 N–H and O–H groups in total. The summed E-state index contributed by atoms with van der Waals surface area (Å²) in [5.74, 6) is 1.90. The quantitative estimate of drug-likeness (QED) is 0.896. The molecule has 0 aliphatic heterocycles. The lowest BCUT2D eigenvalue weighted by Crippen LogP contribution is -2.11. The van der Waals surface area contributed by atoms with Crippen LogP contribution in [0.25, 0.3) is 11.2 Å². The zero-order valence-electron chi connectivity index (χ0n) is 11.2. The molecule has 100 valence electrons. The van der Waals surface area contributed by atoms with E-state index in [9.17, 15) is 0 Å². The normalized spacial score (nSPS) is 21.1. The van der Waals surface area contributed by atoms with E-state index in [1.165, 1.54) is 50.8 Å². The van der Waals surface area contributed by atoms with Gasteiger partial charge in [-0.2, -0.15) is 0 Å². The molecule has 2 aromatic rings. The van der Waals surface area contributed by atoms with Gasteiger partial charge in [0.2, 0.25) is 0 Å². The fourth-order valence-electron chi connectivity index (χ4n) is 3.36. The van der Waals surface area contributed by atoms with Crippen molar-refractivity contribution in [1.82, 2.24) is 14.5 Å². The number of hydrogen-bond donors (Lipinski definition) is 1. The summed E-state index contributed by atoms with van der Waals surface area (Å²) in [7, 11) is 0. The molecule has 2 aliphatic rings. The highest BCUT2D eigenvalue weighted by atomic mass is 15.2. The number of nitrogen functional groups attached to an aromatic ring is 1. The van der Waals surface area contributed by atoms with E-state index in [1.54, 1.807) is 6.20 Å². The molecule has 0 atom stereocenters. The van der Waals surface area contributed by atoms with Gasteiger partial charge < -0.3 is 10.3 Å². The monoisotopic (exact) mass is 256 g/mol. The van der Waals surface area contributed by atoms with Crippen LogP contribution in [0.5, 0.6) is 0 Å². The summed E-state index contributed by atoms with van der Waals surface area (Å²) < 4.78 is 2.41. The van der Waals surface area contributed by atoms with Gasteiger partial charge >= 0.3 is 0 Å². The minimum absolute atomic E-state index is 0.629. The van der Waals surface area contributed by atoms with Crippen molar-refractivity contribution < 1.29 is 0 Å². The predicted molar refractivity (Wildman–Crippen MR) is 76.0 cm³/mol. The van der Waals surface area contributed by atoms with E-state index < -0.39 is 0 Å². The molecule has 0 saturated heterocycles. The number of hydrogen-bond acceptors (Lipinski definition) is 3. The van der Waals surface area contributed by atoms with Crippen LogP contribution in [0.1, 0.15) is 62.7 Å². The summed E-state index contributed by atoms with van der Waals surface area (Å²) in [6, 6.07) is 2.60. The number of fused-ring (bicyclic) bond motifs is 1. The zero-order valence-corrected chi connectivity index (χ0v) is 11.2. The summed E-state index contributed by atoms with van der Waals surface area (Å²) in [6.07, 6.45) is 10.9. The molecule has 0 unspecified atom stereocenters. The van der Waals surface area contributed by atoms with E-state index in [1.807, 2.05) is 6.07 Å². The van der Waals surface area contributed by atoms with Gasteiger partial charge in [-0.1, -0.05) is 19.3 Å². The minimum Gasteiger partial charge on any atom is -0.397 e. The lowest BCUT2D eigenvalue weighted by molar-refractivity contribution is 0.417. The van der Waals surface area contributed by atoms with Crippen LogP contribution in [0, 0.1) is 0 Å². The zero-order chi connectivity index (χ0) is 12.8. The first-order chi connectivity index (χ1) is 9.33. The summed E-state index contributed by atoms with van der Waals surface area (Å²) in [5.41, 5.74) is 8.57. The first-order valence-corrected chi connectivity index (χ1v) is 7.46. The molecular formula is C15H20N4. The summed E-state index contributed by atoms with van der Waals surface area (Å²) >= 11 is 0. The molecule has 0 aromatic carbocycles. The van der Waals surface area contributed by atoms with E-state index >= 15 is 0 Å². The van der Waals surface area contributed by atoms with Crippen LogP contribution >= 0.6 is 0 Å². The van der Waals surface area contributed by atoms with E-state index in [4.69, 9.17) is 10.7 Å². The van der Waals surface area contributed by atoms with Crippen molar-refractivity contribution in [1.29, 1.82) is 0 Å². The summed E-state index contributed by atoms with van der Waals surface area (Å²) in [6.45, 7) is 0. The fraction of sp³-hybridized carbons (Fsp3) is 0.600. The SMILES string of the molecule is Nc1cnc2c(c1)nc(C1CCCCC1)n2C1CC1. The number of anilines is 1.